The van der Waals surface area contributed by atoms with Gasteiger partial charge in [-0.1, -0.05) is 30.0 Å². The van der Waals surface area contributed by atoms with Crippen molar-refractivity contribution in [3.63, 3.8) is 0 Å². The topological polar surface area (TPSA) is 76.7 Å². The van der Waals surface area contributed by atoms with Gasteiger partial charge in [0.2, 0.25) is 5.89 Å². The Kier molecular flexibility index (Phi) is 4.71. The van der Waals surface area contributed by atoms with E-state index in [1.807, 2.05) is 47.8 Å². The van der Waals surface area contributed by atoms with E-state index in [-0.39, 0.29) is 0 Å². The van der Waals surface area contributed by atoms with Gasteiger partial charge < -0.3 is 9.73 Å². The normalized spacial score (nSPS) is 10.7. The van der Waals surface area contributed by atoms with Crippen LogP contribution in [-0.2, 0) is 5.75 Å². The predicted molar refractivity (Wildman–Crippen MR) is 98.9 cm³/mol. The van der Waals surface area contributed by atoms with Gasteiger partial charge in [0.05, 0.1) is 5.69 Å². The first-order chi connectivity index (χ1) is 12.4. The van der Waals surface area contributed by atoms with Gasteiger partial charge in [0, 0.05) is 34.8 Å². The maximum atomic E-state index is 5.67. The quantitative estimate of drug-likeness (QED) is 0.498. The van der Waals surface area contributed by atoms with E-state index in [0.29, 0.717) is 16.9 Å². The fourth-order valence-electron chi connectivity index (χ4n) is 2.09. The van der Waals surface area contributed by atoms with Gasteiger partial charge in [0.25, 0.3) is 5.22 Å². The lowest BCUT2D eigenvalue weighted by Crippen LogP contribution is -1.89. The van der Waals surface area contributed by atoms with E-state index in [4.69, 9.17) is 4.42 Å². The Hall–Kier alpha value is -2.71. The van der Waals surface area contributed by atoms with Gasteiger partial charge in [-0.2, -0.15) is 0 Å². The second kappa shape index (κ2) is 7.45. The first-order valence-electron chi connectivity index (χ1n) is 7.50. The Morgan fingerprint density at radius 1 is 1.04 bits per heavy atom. The highest BCUT2D eigenvalue weighted by Gasteiger charge is 2.10. The molecule has 4 aromatic rings. The summed E-state index contributed by atoms with van der Waals surface area (Å²) in [6.45, 7) is 0. The molecule has 0 spiro atoms. The van der Waals surface area contributed by atoms with Crippen LogP contribution in [0.5, 0.6) is 0 Å². The summed E-state index contributed by atoms with van der Waals surface area (Å²) in [4.78, 5) is 8.55. The Balaban J connectivity index is 1.37. The maximum Gasteiger partial charge on any atom is 0.277 e. The predicted octanol–water partition coefficient (Wildman–Crippen LogP) is 4.62. The van der Waals surface area contributed by atoms with Crippen LogP contribution in [0.25, 0.3) is 11.5 Å². The van der Waals surface area contributed by atoms with Crippen LogP contribution in [0.1, 0.15) is 5.69 Å². The fraction of sp³-hybridized carbons (Fsp3) is 0.0588. The Bertz CT molecular complexity index is 940. The van der Waals surface area contributed by atoms with Crippen molar-refractivity contribution in [1.29, 1.82) is 0 Å². The summed E-state index contributed by atoms with van der Waals surface area (Å²) in [7, 11) is 0. The van der Waals surface area contributed by atoms with Crippen LogP contribution in [0.4, 0.5) is 10.8 Å². The largest absolute Gasteiger partial charge is 0.411 e. The number of thiazole rings is 1. The number of para-hydroxylation sites is 1. The summed E-state index contributed by atoms with van der Waals surface area (Å²) in [5.74, 6) is 1.17. The van der Waals surface area contributed by atoms with E-state index in [0.717, 1.165) is 22.1 Å². The second-order valence-electron chi connectivity index (χ2n) is 5.03. The van der Waals surface area contributed by atoms with Crippen molar-refractivity contribution in [2.45, 2.75) is 11.0 Å². The number of nitrogens with zero attached hydrogens (tertiary/aromatic N) is 4. The van der Waals surface area contributed by atoms with Crippen LogP contribution in [0.15, 0.2) is 69.9 Å². The minimum absolute atomic E-state index is 0.495. The van der Waals surface area contributed by atoms with E-state index in [1.54, 1.807) is 23.7 Å². The molecule has 0 fully saturated rings. The van der Waals surface area contributed by atoms with Crippen LogP contribution in [-0.4, -0.2) is 20.2 Å². The highest BCUT2D eigenvalue weighted by molar-refractivity contribution is 7.98. The molecule has 0 atom stereocenters. The highest BCUT2D eigenvalue weighted by atomic mass is 32.2. The first kappa shape index (κ1) is 15.8. The molecule has 8 heteroatoms. The molecule has 0 aliphatic rings. The number of hydrogen-bond acceptors (Lipinski definition) is 8. The number of hydrogen-bond donors (Lipinski definition) is 1. The van der Waals surface area contributed by atoms with E-state index >= 15 is 0 Å². The zero-order chi connectivity index (χ0) is 16.9. The van der Waals surface area contributed by atoms with Crippen molar-refractivity contribution in [3.05, 3.63) is 65.9 Å². The van der Waals surface area contributed by atoms with Crippen molar-refractivity contribution in [2.24, 2.45) is 0 Å². The van der Waals surface area contributed by atoms with Crippen LogP contribution in [0, 0.1) is 0 Å². The fourth-order valence-corrected chi connectivity index (χ4v) is 3.58. The second-order valence-corrected chi connectivity index (χ2v) is 6.82. The average Bonchev–Trinajstić information content (AvgIpc) is 3.31. The van der Waals surface area contributed by atoms with Crippen LogP contribution in [0.3, 0.4) is 0 Å². The lowest BCUT2D eigenvalue weighted by atomic mass is 10.3. The third-order valence-electron chi connectivity index (χ3n) is 3.25. The number of benzene rings is 1. The van der Waals surface area contributed by atoms with Gasteiger partial charge in [0.15, 0.2) is 5.13 Å². The number of aromatic nitrogens is 4. The van der Waals surface area contributed by atoms with Gasteiger partial charge in [-0.3, -0.25) is 4.98 Å². The molecule has 1 N–H and O–H groups in total. The minimum atomic E-state index is 0.495. The summed E-state index contributed by atoms with van der Waals surface area (Å²) in [5, 5.41) is 14.8. The molecule has 0 unspecified atom stereocenters. The molecule has 0 aliphatic carbocycles. The van der Waals surface area contributed by atoms with Gasteiger partial charge >= 0.3 is 0 Å². The monoisotopic (exact) mass is 367 g/mol. The molecular formula is C17H13N5OS2. The smallest absolute Gasteiger partial charge is 0.277 e. The molecule has 25 heavy (non-hydrogen) atoms. The average molecular weight is 367 g/mol. The molecule has 1 aromatic carbocycles. The molecule has 0 saturated heterocycles. The van der Waals surface area contributed by atoms with Crippen LogP contribution in [0.2, 0.25) is 0 Å². The van der Waals surface area contributed by atoms with Crippen molar-refractivity contribution < 1.29 is 4.42 Å². The Morgan fingerprint density at radius 2 is 1.88 bits per heavy atom. The SMILES string of the molecule is c1ccc(Nc2nc(CSc3nnc(-c4ccncc4)o3)cs2)cc1. The third-order valence-corrected chi connectivity index (χ3v) is 4.91. The lowest BCUT2D eigenvalue weighted by molar-refractivity contribution is 0.465. The lowest BCUT2D eigenvalue weighted by Gasteiger charge is -2.00. The van der Waals surface area contributed by atoms with Crippen LogP contribution >= 0.6 is 23.1 Å². The van der Waals surface area contributed by atoms with E-state index in [1.165, 1.54) is 11.8 Å². The molecular weight excluding hydrogens is 354 g/mol. The van der Waals surface area contributed by atoms with Crippen LogP contribution < -0.4 is 5.32 Å². The Labute approximate surface area is 152 Å². The summed E-state index contributed by atoms with van der Waals surface area (Å²) < 4.78 is 5.67. The standard InChI is InChI=1S/C17H13N5OS2/c1-2-4-13(5-3-1)19-16-20-14(10-24-16)11-25-17-22-21-15(23-17)12-6-8-18-9-7-12/h1-10H,11H2,(H,19,20). The molecule has 0 saturated carbocycles. The van der Waals surface area contributed by atoms with E-state index in [9.17, 15) is 0 Å². The minimum Gasteiger partial charge on any atom is -0.411 e. The summed E-state index contributed by atoms with van der Waals surface area (Å²) in [6.07, 6.45) is 3.39. The highest BCUT2D eigenvalue weighted by Crippen LogP contribution is 2.27. The number of rotatable bonds is 6. The molecule has 124 valence electrons. The van der Waals surface area contributed by atoms with Crippen molar-refractivity contribution in [2.75, 3.05) is 5.32 Å². The molecule has 0 radical (unpaired) electrons. The van der Waals surface area contributed by atoms with Crippen molar-refractivity contribution >= 4 is 33.9 Å². The van der Waals surface area contributed by atoms with Gasteiger partial charge in [-0.25, -0.2) is 4.98 Å². The maximum absolute atomic E-state index is 5.67. The van der Waals surface area contributed by atoms with Gasteiger partial charge in [0.1, 0.15) is 0 Å². The van der Waals surface area contributed by atoms with E-state index in [2.05, 4.69) is 25.5 Å². The molecule has 0 aliphatic heterocycles. The van der Waals surface area contributed by atoms with Crippen molar-refractivity contribution in [1.82, 2.24) is 20.2 Å². The number of anilines is 2. The first-order valence-corrected chi connectivity index (χ1v) is 9.36. The zero-order valence-corrected chi connectivity index (χ0v) is 14.6. The van der Waals surface area contributed by atoms with Crippen molar-refractivity contribution in [3.8, 4) is 11.5 Å². The van der Waals surface area contributed by atoms with Gasteiger partial charge in [-0.05, 0) is 24.3 Å². The summed E-state index contributed by atoms with van der Waals surface area (Å²) >= 11 is 3.04. The number of pyridine rings is 1. The number of nitrogens with one attached hydrogen (secondary N) is 1. The third kappa shape index (κ3) is 4.04. The molecule has 0 bridgehead atoms. The summed E-state index contributed by atoms with van der Waals surface area (Å²) in [5.41, 5.74) is 2.85. The van der Waals surface area contributed by atoms with Gasteiger partial charge in [-0.15, -0.1) is 21.5 Å². The molecule has 0 amide bonds. The number of thioether (sulfide) groups is 1. The molecule has 3 heterocycles. The molecule has 4 rings (SSSR count). The zero-order valence-electron chi connectivity index (χ0n) is 13.0. The molecule has 3 aromatic heterocycles. The molecule has 6 nitrogen and oxygen atoms in total. The Morgan fingerprint density at radius 3 is 2.72 bits per heavy atom. The summed E-state index contributed by atoms with van der Waals surface area (Å²) in [6, 6.07) is 13.7. The van der Waals surface area contributed by atoms with E-state index < -0.39 is 0 Å².